The molecule has 3 unspecified atom stereocenters. The van der Waals surface area contributed by atoms with Crippen molar-refractivity contribution in [3.05, 3.63) is 0 Å². The number of carbonyl (C=O) groups is 1. The fraction of sp³-hybridized carbons (Fsp3) is 0.857. The van der Waals surface area contributed by atoms with E-state index in [-0.39, 0.29) is 0 Å². The van der Waals surface area contributed by atoms with Gasteiger partial charge in [-0.3, -0.25) is 0 Å². The van der Waals surface area contributed by atoms with E-state index in [9.17, 15) is 9.18 Å². The van der Waals surface area contributed by atoms with E-state index in [0.29, 0.717) is 25.5 Å². The van der Waals surface area contributed by atoms with Crippen LogP contribution in [-0.4, -0.2) is 23.7 Å². The minimum absolute atomic E-state index is 0.296. The summed E-state index contributed by atoms with van der Waals surface area (Å²) in [5, 5.41) is 9.00. The molecule has 1 aliphatic carbocycles. The van der Waals surface area contributed by atoms with Crippen molar-refractivity contribution >= 4 is 6.29 Å². The van der Waals surface area contributed by atoms with Gasteiger partial charge in [0.25, 0.3) is 0 Å². The molecule has 58 valence electrons. The average molecular weight is 146 g/mol. The number of hydrogen-bond acceptors (Lipinski definition) is 2. The van der Waals surface area contributed by atoms with E-state index in [1.165, 1.54) is 0 Å². The number of rotatable bonds is 1. The molecule has 1 rings (SSSR count). The van der Waals surface area contributed by atoms with Gasteiger partial charge in [0.2, 0.25) is 0 Å². The molecular formula is C7H11FO2. The summed E-state index contributed by atoms with van der Waals surface area (Å²) in [5.41, 5.74) is 0. The third-order valence-corrected chi connectivity index (χ3v) is 1.96. The second kappa shape index (κ2) is 3.10. The summed E-state index contributed by atoms with van der Waals surface area (Å²) in [7, 11) is 0. The molecule has 0 aromatic heterocycles. The topological polar surface area (TPSA) is 37.3 Å². The monoisotopic (exact) mass is 146 g/mol. The predicted octanol–water partition coefficient (Wildman–Crippen LogP) is 0.684. The van der Waals surface area contributed by atoms with E-state index >= 15 is 0 Å². The first-order chi connectivity index (χ1) is 4.74. The standard InChI is InChI=1S/C7H11FO2/c8-7-2-1-6(10)3-5(7)4-9/h4-7,10H,1-3H2. The largest absolute Gasteiger partial charge is 0.393 e. The first-order valence-electron chi connectivity index (χ1n) is 3.51. The normalized spacial score (nSPS) is 41.2. The second-order valence-corrected chi connectivity index (χ2v) is 2.78. The summed E-state index contributed by atoms with van der Waals surface area (Å²) >= 11 is 0. The lowest BCUT2D eigenvalue weighted by molar-refractivity contribution is -0.115. The maximum Gasteiger partial charge on any atom is 0.126 e. The van der Waals surface area contributed by atoms with Crippen molar-refractivity contribution in [1.29, 1.82) is 0 Å². The number of alkyl halides is 1. The van der Waals surface area contributed by atoms with Crippen LogP contribution in [0.3, 0.4) is 0 Å². The smallest absolute Gasteiger partial charge is 0.126 e. The Hall–Kier alpha value is -0.440. The van der Waals surface area contributed by atoms with Gasteiger partial charge in [0.1, 0.15) is 12.5 Å². The Morgan fingerprint density at radius 2 is 2.20 bits per heavy atom. The molecule has 3 atom stereocenters. The van der Waals surface area contributed by atoms with Crippen LogP contribution in [0, 0.1) is 5.92 Å². The maximum absolute atomic E-state index is 12.7. The molecule has 2 nitrogen and oxygen atoms in total. The summed E-state index contributed by atoms with van der Waals surface area (Å²) in [6, 6.07) is 0. The van der Waals surface area contributed by atoms with Crippen molar-refractivity contribution < 1.29 is 14.3 Å². The van der Waals surface area contributed by atoms with Crippen LogP contribution in [0.1, 0.15) is 19.3 Å². The summed E-state index contributed by atoms with van der Waals surface area (Å²) in [6.07, 6.45) is 0.219. The predicted molar refractivity (Wildman–Crippen MR) is 34.3 cm³/mol. The first-order valence-corrected chi connectivity index (χ1v) is 3.51. The van der Waals surface area contributed by atoms with Crippen LogP contribution >= 0.6 is 0 Å². The van der Waals surface area contributed by atoms with Crippen molar-refractivity contribution in [2.45, 2.75) is 31.5 Å². The maximum atomic E-state index is 12.7. The summed E-state index contributed by atoms with van der Waals surface area (Å²) in [4.78, 5) is 10.2. The lowest BCUT2D eigenvalue weighted by Gasteiger charge is -2.24. The Morgan fingerprint density at radius 3 is 2.70 bits per heavy atom. The molecular weight excluding hydrogens is 135 g/mol. The third-order valence-electron chi connectivity index (χ3n) is 1.96. The van der Waals surface area contributed by atoms with Crippen LogP contribution in [0.5, 0.6) is 0 Å². The molecule has 0 saturated heterocycles. The van der Waals surface area contributed by atoms with Gasteiger partial charge in [0.05, 0.1) is 6.10 Å². The lowest BCUT2D eigenvalue weighted by atomic mass is 9.87. The number of carbonyl (C=O) groups excluding carboxylic acids is 1. The summed E-state index contributed by atoms with van der Waals surface area (Å²) in [6.45, 7) is 0. The zero-order chi connectivity index (χ0) is 7.56. The van der Waals surface area contributed by atoms with E-state index in [1.807, 2.05) is 0 Å². The van der Waals surface area contributed by atoms with Crippen LogP contribution in [0.25, 0.3) is 0 Å². The zero-order valence-electron chi connectivity index (χ0n) is 5.66. The Balaban J connectivity index is 2.45. The molecule has 10 heavy (non-hydrogen) atoms. The van der Waals surface area contributed by atoms with E-state index in [0.717, 1.165) is 0 Å². The molecule has 3 heteroatoms. The summed E-state index contributed by atoms with van der Waals surface area (Å²) in [5.74, 6) is -0.566. The molecule has 0 spiro atoms. The Kier molecular flexibility index (Phi) is 2.38. The molecule has 1 aliphatic rings. The average Bonchev–Trinajstić information content (AvgIpc) is 1.94. The first kappa shape index (κ1) is 7.66. The van der Waals surface area contributed by atoms with Gasteiger partial charge in [-0.05, 0) is 19.3 Å². The van der Waals surface area contributed by atoms with Gasteiger partial charge in [-0.25, -0.2) is 4.39 Å². The lowest BCUT2D eigenvalue weighted by Crippen LogP contribution is -2.29. The molecule has 0 amide bonds. The molecule has 0 aromatic rings. The number of aliphatic hydroxyl groups is 1. The Bertz CT molecular complexity index is 127. The fourth-order valence-electron chi connectivity index (χ4n) is 1.29. The Morgan fingerprint density at radius 1 is 1.50 bits per heavy atom. The number of hydrogen-bond donors (Lipinski definition) is 1. The third kappa shape index (κ3) is 1.53. The summed E-state index contributed by atoms with van der Waals surface area (Å²) < 4.78 is 12.7. The molecule has 1 saturated carbocycles. The van der Waals surface area contributed by atoms with Crippen molar-refractivity contribution in [2.24, 2.45) is 5.92 Å². The van der Waals surface area contributed by atoms with E-state index in [2.05, 4.69) is 0 Å². The minimum atomic E-state index is -1.03. The highest BCUT2D eigenvalue weighted by Gasteiger charge is 2.28. The minimum Gasteiger partial charge on any atom is -0.393 e. The highest BCUT2D eigenvalue weighted by molar-refractivity contribution is 5.54. The van der Waals surface area contributed by atoms with Crippen molar-refractivity contribution in [1.82, 2.24) is 0 Å². The molecule has 1 N–H and O–H groups in total. The van der Waals surface area contributed by atoms with Gasteiger partial charge in [0, 0.05) is 5.92 Å². The van der Waals surface area contributed by atoms with Crippen LogP contribution in [0.2, 0.25) is 0 Å². The van der Waals surface area contributed by atoms with Crippen LogP contribution < -0.4 is 0 Å². The fourth-order valence-corrected chi connectivity index (χ4v) is 1.29. The molecule has 0 aliphatic heterocycles. The van der Waals surface area contributed by atoms with Gasteiger partial charge in [0.15, 0.2) is 0 Å². The molecule has 1 fully saturated rings. The number of aliphatic hydroxyl groups excluding tert-OH is 1. The zero-order valence-corrected chi connectivity index (χ0v) is 5.66. The molecule has 0 bridgehead atoms. The highest BCUT2D eigenvalue weighted by atomic mass is 19.1. The SMILES string of the molecule is O=CC1CC(O)CCC1F. The number of halogens is 1. The Labute approximate surface area is 59.0 Å². The molecule has 0 radical (unpaired) electrons. The molecule has 0 heterocycles. The molecule has 0 aromatic carbocycles. The quantitative estimate of drug-likeness (QED) is 0.552. The van der Waals surface area contributed by atoms with E-state index in [1.54, 1.807) is 0 Å². The van der Waals surface area contributed by atoms with Crippen molar-refractivity contribution in [2.75, 3.05) is 0 Å². The van der Waals surface area contributed by atoms with Crippen LogP contribution in [0.4, 0.5) is 4.39 Å². The highest BCUT2D eigenvalue weighted by Crippen LogP contribution is 2.25. The van der Waals surface area contributed by atoms with Crippen LogP contribution in [0.15, 0.2) is 0 Å². The van der Waals surface area contributed by atoms with E-state index in [4.69, 9.17) is 5.11 Å². The van der Waals surface area contributed by atoms with Gasteiger partial charge >= 0.3 is 0 Å². The van der Waals surface area contributed by atoms with Crippen molar-refractivity contribution in [3.63, 3.8) is 0 Å². The van der Waals surface area contributed by atoms with Gasteiger partial charge < -0.3 is 9.90 Å². The number of aldehydes is 1. The van der Waals surface area contributed by atoms with E-state index < -0.39 is 18.2 Å². The van der Waals surface area contributed by atoms with Gasteiger partial charge in [-0.1, -0.05) is 0 Å². The van der Waals surface area contributed by atoms with Gasteiger partial charge in [-0.15, -0.1) is 0 Å². The van der Waals surface area contributed by atoms with Gasteiger partial charge in [-0.2, -0.15) is 0 Å². The van der Waals surface area contributed by atoms with Crippen LogP contribution in [-0.2, 0) is 4.79 Å². The second-order valence-electron chi connectivity index (χ2n) is 2.78. The van der Waals surface area contributed by atoms with Crippen molar-refractivity contribution in [3.8, 4) is 0 Å².